The summed E-state index contributed by atoms with van der Waals surface area (Å²) in [5, 5.41) is 0.667. The highest BCUT2D eigenvalue weighted by Crippen LogP contribution is 2.45. The first-order valence-corrected chi connectivity index (χ1v) is 7.45. The van der Waals surface area contributed by atoms with Gasteiger partial charge >= 0.3 is 7.60 Å². The molecule has 96 valence electrons. The van der Waals surface area contributed by atoms with E-state index in [1.165, 1.54) is 25.6 Å². The minimum absolute atomic E-state index is 0.128. The Morgan fingerprint density at radius 1 is 1.35 bits per heavy atom. The molecule has 7 heteroatoms. The summed E-state index contributed by atoms with van der Waals surface area (Å²) in [5.74, 6) is -0.317. The van der Waals surface area contributed by atoms with Gasteiger partial charge in [0, 0.05) is 19.1 Å². The number of carbonyl (C=O) groups excluding carboxylic acids is 1. The first kappa shape index (κ1) is 14.4. The van der Waals surface area contributed by atoms with E-state index < -0.39 is 7.60 Å². The first-order chi connectivity index (χ1) is 7.99. The predicted octanol–water partition coefficient (Wildman–Crippen LogP) is 2.49. The largest absolute Gasteiger partial charge is 0.476 e. The third kappa shape index (κ3) is 4.60. The highest BCUT2D eigenvalue weighted by Gasteiger charge is 2.25. The van der Waals surface area contributed by atoms with Gasteiger partial charge in [0.05, 0.1) is 0 Å². The van der Waals surface area contributed by atoms with Crippen molar-refractivity contribution in [1.82, 2.24) is 0 Å². The smallest absolute Gasteiger partial charge is 0.337 e. The fraction of sp³-hybridized carbons (Fsp3) is 0.500. The maximum atomic E-state index is 11.7. The highest BCUT2D eigenvalue weighted by molar-refractivity contribution is 7.54. The van der Waals surface area contributed by atoms with E-state index in [4.69, 9.17) is 4.74 Å². The third-order valence-electron chi connectivity index (χ3n) is 2.02. The Bertz CT molecular complexity index is 420. The number of hydrogen-bond donors (Lipinski definition) is 0. The lowest BCUT2D eigenvalue weighted by atomic mass is 10.5. The Kier molecular flexibility index (Phi) is 5.33. The van der Waals surface area contributed by atoms with E-state index in [9.17, 15) is 9.36 Å². The summed E-state index contributed by atoms with van der Waals surface area (Å²) in [7, 11) is -0.777. The number of thiophene rings is 1. The van der Waals surface area contributed by atoms with E-state index in [0.717, 1.165) is 4.88 Å². The van der Waals surface area contributed by atoms with Crippen LogP contribution < -0.4 is 4.74 Å². The van der Waals surface area contributed by atoms with Crippen LogP contribution in [0.2, 0.25) is 0 Å². The standard InChI is InChI=1S/C10H15O5PS/c1-8-4-5-10(17-8)15-6-9(11)7-16(12,13-2)14-3/h4-5H,6-7H2,1-3H3. The van der Waals surface area contributed by atoms with Gasteiger partial charge in [-0.05, 0) is 19.1 Å². The summed E-state index contributed by atoms with van der Waals surface area (Å²) in [6.45, 7) is 1.82. The number of ketones is 1. The minimum atomic E-state index is -3.28. The molecule has 0 atom stereocenters. The van der Waals surface area contributed by atoms with Crippen molar-refractivity contribution in [3.8, 4) is 5.06 Å². The average molecular weight is 278 g/mol. The van der Waals surface area contributed by atoms with Crippen LogP contribution in [-0.4, -0.2) is 32.8 Å². The molecule has 0 radical (unpaired) electrons. The second kappa shape index (κ2) is 6.31. The van der Waals surface area contributed by atoms with Crippen LogP contribution in [-0.2, 0) is 18.4 Å². The molecule has 1 rings (SSSR count). The van der Waals surface area contributed by atoms with Crippen LogP contribution in [0.5, 0.6) is 5.06 Å². The van der Waals surface area contributed by atoms with Crippen LogP contribution in [0.3, 0.4) is 0 Å². The van der Waals surface area contributed by atoms with Crippen molar-refractivity contribution in [2.45, 2.75) is 6.92 Å². The summed E-state index contributed by atoms with van der Waals surface area (Å²) in [5.41, 5.74) is 0. The zero-order valence-electron chi connectivity index (χ0n) is 9.97. The Morgan fingerprint density at radius 3 is 2.47 bits per heavy atom. The molecule has 0 N–H and O–H groups in total. The lowest BCUT2D eigenvalue weighted by molar-refractivity contribution is -0.118. The normalized spacial score (nSPS) is 11.5. The Hall–Kier alpha value is -0.680. The summed E-state index contributed by atoms with van der Waals surface area (Å²) in [6, 6.07) is 3.69. The van der Waals surface area contributed by atoms with Gasteiger partial charge in [-0.25, -0.2) is 0 Å². The molecule has 0 aliphatic heterocycles. The molecule has 0 aliphatic carbocycles. The van der Waals surface area contributed by atoms with E-state index in [1.807, 2.05) is 13.0 Å². The fourth-order valence-electron chi connectivity index (χ4n) is 1.11. The second-order valence-corrected chi connectivity index (χ2v) is 6.85. The van der Waals surface area contributed by atoms with Crippen molar-refractivity contribution in [3.05, 3.63) is 17.0 Å². The SMILES string of the molecule is COP(=O)(CC(=O)COc1ccc(C)s1)OC. The molecule has 1 aromatic rings. The number of rotatable bonds is 7. The first-order valence-electron chi connectivity index (χ1n) is 4.90. The number of hydrogen-bond acceptors (Lipinski definition) is 6. The number of carbonyl (C=O) groups is 1. The van der Waals surface area contributed by atoms with Crippen molar-refractivity contribution in [2.75, 3.05) is 27.0 Å². The van der Waals surface area contributed by atoms with Gasteiger partial charge in [-0.15, -0.1) is 11.3 Å². The molecule has 5 nitrogen and oxygen atoms in total. The van der Waals surface area contributed by atoms with Crippen LogP contribution in [0.4, 0.5) is 0 Å². The molecule has 0 unspecified atom stereocenters. The fourth-order valence-corrected chi connectivity index (χ4v) is 2.74. The van der Waals surface area contributed by atoms with Crippen molar-refractivity contribution in [3.63, 3.8) is 0 Å². The Labute approximate surface area is 104 Å². The van der Waals surface area contributed by atoms with E-state index in [0.29, 0.717) is 5.06 Å². The third-order valence-corrected chi connectivity index (χ3v) is 4.78. The van der Waals surface area contributed by atoms with Gasteiger partial charge in [0.15, 0.2) is 10.8 Å². The van der Waals surface area contributed by atoms with Crippen LogP contribution in [0.25, 0.3) is 0 Å². The molecule has 1 aromatic heterocycles. The predicted molar refractivity (Wildman–Crippen MR) is 66.0 cm³/mol. The molecule has 0 aromatic carbocycles. The molecule has 0 aliphatic rings. The molecule has 0 saturated carbocycles. The number of aryl methyl sites for hydroxylation is 1. The van der Waals surface area contributed by atoms with Gasteiger partial charge in [-0.2, -0.15) is 0 Å². The molecule has 0 amide bonds. The summed E-state index contributed by atoms with van der Waals surface area (Å²) in [4.78, 5) is 12.6. The zero-order valence-corrected chi connectivity index (χ0v) is 11.7. The minimum Gasteiger partial charge on any atom is -0.476 e. The maximum absolute atomic E-state index is 11.7. The molecule has 1 heterocycles. The number of ether oxygens (including phenoxy) is 1. The molecular weight excluding hydrogens is 263 g/mol. The summed E-state index contributed by atoms with van der Waals surface area (Å²) >= 11 is 1.45. The number of Topliss-reactive ketones (excluding diaryl/α,β-unsaturated/α-hetero) is 1. The van der Waals surface area contributed by atoms with Crippen LogP contribution in [0.15, 0.2) is 12.1 Å². The van der Waals surface area contributed by atoms with Gasteiger partial charge < -0.3 is 13.8 Å². The lowest BCUT2D eigenvalue weighted by Crippen LogP contribution is -2.16. The maximum Gasteiger partial charge on any atom is 0.337 e. The van der Waals surface area contributed by atoms with E-state index in [2.05, 4.69) is 9.05 Å². The molecule has 0 spiro atoms. The molecule has 0 bridgehead atoms. The van der Waals surface area contributed by atoms with Gasteiger partial charge in [0.25, 0.3) is 0 Å². The lowest BCUT2D eigenvalue weighted by Gasteiger charge is -2.12. The van der Waals surface area contributed by atoms with Crippen molar-refractivity contribution in [2.24, 2.45) is 0 Å². The second-order valence-electron chi connectivity index (χ2n) is 3.33. The van der Waals surface area contributed by atoms with Gasteiger partial charge in [0.1, 0.15) is 12.8 Å². The van der Waals surface area contributed by atoms with Crippen LogP contribution in [0, 0.1) is 6.92 Å². The van der Waals surface area contributed by atoms with Gasteiger partial charge in [-0.3, -0.25) is 9.36 Å². The average Bonchev–Trinajstić information content (AvgIpc) is 2.72. The van der Waals surface area contributed by atoms with E-state index in [1.54, 1.807) is 6.07 Å². The topological polar surface area (TPSA) is 61.8 Å². The Balaban J connectivity index is 2.43. The molecule has 17 heavy (non-hydrogen) atoms. The highest BCUT2D eigenvalue weighted by atomic mass is 32.1. The monoisotopic (exact) mass is 278 g/mol. The molecule has 0 saturated heterocycles. The van der Waals surface area contributed by atoms with Gasteiger partial charge in [-0.1, -0.05) is 0 Å². The van der Waals surface area contributed by atoms with Crippen molar-refractivity contribution >= 4 is 24.7 Å². The van der Waals surface area contributed by atoms with Crippen LogP contribution >= 0.6 is 18.9 Å². The summed E-state index contributed by atoms with van der Waals surface area (Å²) in [6.07, 6.45) is -0.273. The molecular formula is C10H15O5PS. The van der Waals surface area contributed by atoms with Crippen molar-refractivity contribution in [1.29, 1.82) is 0 Å². The quantitative estimate of drug-likeness (QED) is 0.717. The molecule has 0 fully saturated rings. The zero-order chi connectivity index (χ0) is 12.9. The van der Waals surface area contributed by atoms with Crippen LogP contribution in [0.1, 0.15) is 4.88 Å². The summed E-state index contributed by atoms with van der Waals surface area (Å²) < 4.78 is 26.3. The Morgan fingerprint density at radius 2 is 2.00 bits per heavy atom. The van der Waals surface area contributed by atoms with E-state index >= 15 is 0 Å². The van der Waals surface area contributed by atoms with Crippen molar-refractivity contribution < 1.29 is 23.1 Å². The van der Waals surface area contributed by atoms with Gasteiger partial charge in [0.2, 0.25) is 0 Å². The van der Waals surface area contributed by atoms with E-state index in [-0.39, 0.29) is 18.6 Å².